The van der Waals surface area contributed by atoms with E-state index in [0.717, 1.165) is 35.7 Å². The first-order valence-corrected chi connectivity index (χ1v) is 11.0. The molecule has 0 aliphatic heterocycles. The summed E-state index contributed by atoms with van der Waals surface area (Å²) in [6.45, 7) is 4.94. The monoisotopic (exact) mass is 437 g/mol. The molecule has 2 N–H and O–H groups in total. The van der Waals surface area contributed by atoms with Gasteiger partial charge in [0, 0.05) is 30.2 Å². The van der Waals surface area contributed by atoms with Crippen molar-refractivity contribution in [2.45, 2.75) is 59.2 Å². The van der Waals surface area contributed by atoms with E-state index in [1.807, 2.05) is 44.3 Å². The number of H-pyrrole nitrogens is 2. The zero-order chi connectivity index (χ0) is 22.7. The van der Waals surface area contributed by atoms with Gasteiger partial charge in [0.25, 0.3) is 5.56 Å². The molecule has 168 valence electrons. The number of hydrogen-bond donors (Lipinski definition) is 2. The molecule has 0 saturated heterocycles. The molecule has 1 aromatic carbocycles. The minimum atomic E-state index is -0.477. The van der Waals surface area contributed by atoms with E-state index in [9.17, 15) is 14.4 Å². The standard InChI is InChI=1S/C23H27N5O4/c1-3-5-11-28-21-20(22(30)26-23(28)31)27(10-4-2)18(25-21)14-32-19(29)12-15-13-24-17-9-7-6-8-16(15)17/h6-9,13,24H,3-5,10-12,14H2,1-2H3,(H,26,30,31). The molecule has 0 spiro atoms. The molecule has 0 aliphatic rings. The Balaban J connectivity index is 1.61. The van der Waals surface area contributed by atoms with Gasteiger partial charge in [-0.05, 0) is 24.5 Å². The van der Waals surface area contributed by atoms with E-state index < -0.39 is 11.2 Å². The number of imidazole rings is 1. The zero-order valence-corrected chi connectivity index (χ0v) is 18.3. The predicted octanol–water partition coefficient (Wildman–Crippen LogP) is 2.86. The maximum Gasteiger partial charge on any atom is 0.330 e. The SMILES string of the molecule is CCCCn1c(=O)[nH]c(=O)c2c1nc(COC(=O)Cc1c[nH]c3ccccc13)n2CCC. The van der Waals surface area contributed by atoms with Crippen LogP contribution in [-0.2, 0) is 35.6 Å². The first-order valence-electron chi connectivity index (χ1n) is 11.0. The average molecular weight is 438 g/mol. The van der Waals surface area contributed by atoms with Crippen LogP contribution < -0.4 is 11.2 Å². The van der Waals surface area contributed by atoms with Crippen molar-refractivity contribution in [3.63, 3.8) is 0 Å². The summed E-state index contributed by atoms with van der Waals surface area (Å²) in [7, 11) is 0. The third-order valence-electron chi connectivity index (χ3n) is 5.52. The van der Waals surface area contributed by atoms with Crippen LogP contribution in [0.1, 0.15) is 44.5 Å². The fourth-order valence-corrected chi connectivity index (χ4v) is 3.95. The highest BCUT2D eigenvalue weighted by Crippen LogP contribution is 2.19. The van der Waals surface area contributed by atoms with Crippen LogP contribution in [0.4, 0.5) is 0 Å². The molecule has 3 aromatic heterocycles. The highest BCUT2D eigenvalue weighted by molar-refractivity contribution is 5.87. The van der Waals surface area contributed by atoms with Gasteiger partial charge in [-0.15, -0.1) is 0 Å². The second-order valence-electron chi connectivity index (χ2n) is 7.81. The van der Waals surface area contributed by atoms with Crippen molar-refractivity contribution in [1.82, 2.24) is 24.1 Å². The molecule has 9 nitrogen and oxygen atoms in total. The van der Waals surface area contributed by atoms with Gasteiger partial charge in [-0.25, -0.2) is 9.78 Å². The number of aryl methyl sites for hydroxylation is 2. The number of nitrogens with one attached hydrogen (secondary N) is 2. The molecular weight excluding hydrogens is 410 g/mol. The number of unbranched alkanes of at least 4 members (excludes halogenated alkanes) is 1. The van der Waals surface area contributed by atoms with Crippen molar-refractivity contribution in [2.24, 2.45) is 0 Å². The molecule has 4 aromatic rings. The van der Waals surface area contributed by atoms with E-state index in [2.05, 4.69) is 15.0 Å². The molecule has 0 aliphatic carbocycles. The van der Waals surface area contributed by atoms with Crippen molar-refractivity contribution in [3.05, 3.63) is 62.7 Å². The normalized spacial score (nSPS) is 11.4. The Labute approximate surface area is 184 Å². The number of carbonyl (C=O) groups excluding carboxylic acids is 1. The Morgan fingerprint density at radius 1 is 1.09 bits per heavy atom. The highest BCUT2D eigenvalue weighted by atomic mass is 16.5. The zero-order valence-electron chi connectivity index (χ0n) is 18.3. The Bertz CT molecular complexity index is 1370. The van der Waals surface area contributed by atoms with Crippen molar-refractivity contribution in [1.29, 1.82) is 0 Å². The van der Waals surface area contributed by atoms with Crippen LogP contribution in [0.15, 0.2) is 40.1 Å². The van der Waals surface area contributed by atoms with Crippen LogP contribution in [0.5, 0.6) is 0 Å². The molecule has 0 radical (unpaired) electrons. The number of aromatic amines is 2. The molecule has 0 fully saturated rings. The summed E-state index contributed by atoms with van der Waals surface area (Å²) in [6.07, 6.45) is 4.39. The van der Waals surface area contributed by atoms with E-state index in [0.29, 0.717) is 30.1 Å². The van der Waals surface area contributed by atoms with Gasteiger partial charge >= 0.3 is 11.7 Å². The number of esters is 1. The van der Waals surface area contributed by atoms with Gasteiger partial charge in [0.15, 0.2) is 11.2 Å². The number of hydrogen-bond acceptors (Lipinski definition) is 5. The van der Waals surface area contributed by atoms with Gasteiger partial charge in [0.05, 0.1) is 6.42 Å². The quantitative estimate of drug-likeness (QED) is 0.391. The summed E-state index contributed by atoms with van der Waals surface area (Å²) in [5.74, 6) is 0.0672. The lowest BCUT2D eigenvalue weighted by Gasteiger charge is -2.08. The maximum absolute atomic E-state index is 12.6. The molecule has 9 heteroatoms. The molecule has 32 heavy (non-hydrogen) atoms. The number of carbonyl (C=O) groups is 1. The van der Waals surface area contributed by atoms with E-state index >= 15 is 0 Å². The number of ether oxygens (including phenoxy) is 1. The lowest BCUT2D eigenvalue weighted by molar-refractivity contribution is -0.144. The average Bonchev–Trinajstić information content (AvgIpc) is 3.34. The minimum Gasteiger partial charge on any atom is -0.457 e. The van der Waals surface area contributed by atoms with Gasteiger partial charge in [-0.3, -0.25) is 19.1 Å². The smallest absolute Gasteiger partial charge is 0.330 e. The first kappa shape index (κ1) is 21.6. The fraction of sp³-hybridized carbons (Fsp3) is 0.391. The topological polar surface area (TPSA) is 115 Å². The maximum atomic E-state index is 12.6. The van der Waals surface area contributed by atoms with E-state index in [1.165, 1.54) is 4.57 Å². The van der Waals surface area contributed by atoms with Crippen LogP contribution >= 0.6 is 0 Å². The lowest BCUT2D eigenvalue weighted by Crippen LogP contribution is -2.31. The van der Waals surface area contributed by atoms with Gasteiger partial charge in [-0.1, -0.05) is 38.5 Å². The summed E-state index contributed by atoms with van der Waals surface area (Å²) in [5.41, 5.74) is 1.55. The number of benzene rings is 1. The summed E-state index contributed by atoms with van der Waals surface area (Å²) >= 11 is 0. The van der Waals surface area contributed by atoms with Gasteiger partial charge in [0.2, 0.25) is 0 Å². The van der Waals surface area contributed by atoms with E-state index in [1.54, 1.807) is 4.57 Å². The third kappa shape index (κ3) is 4.10. The first-order chi connectivity index (χ1) is 15.5. The predicted molar refractivity (Wildman–Crippen MR) is 122 cm³/mol. The Kier molecular flexibility index (Phi) is 6.25. The number of para-hydroxylation sites is 1. The van der Waals surface area contributed by atoms with Crippen LogP contribution in [0.25, 0.3) is 22.1 Å². The molecule has 4 rings (SSSR count). The number of fused-ring (bicyclic) bond motifs is 2. The van der Waals surface area contributed by atoms with Crippen LogP contribution in [0.2, 0.25) is 0 Å². The van der Waals surface area contributed by atoms with Crippen LogP contribution in [0, 0.1) is 0 Å². The largest absolute Gasteiger partial charge is 0.457 e. The van der Waals surface area contributed by atoms with Crippen LogP contribution in [-0.4, -0.2) is 30.1 Å². The fourth-order valence-electron chi connectivity index (χ4n) is 3.95. The van der Waals surface area contributed by atoms with Crippen LogP contribution in [0.3, 0.4) is 0 Å². The van der Waals surface area contributed by atoms with Gasteiger partial charge in [0.1, 0.15) is 12.4 Å². The minimum absolute atomic E-state index is 0.0721. The molecule has 0 unspecified atom stereocenters. The van der Waals surface area contributed by atoms with Crippen molar-refractivity contribution >= 4 is 28.0 Å². The Morgan fingerprint density at radius 3 is 2.69 bits per heavy atom. The molecule has 0 bridgehead atoms. The summed E-state index contributed by atoms with van der Waals surface area (Å²) < 4.78 is 8.76. The van der Waals surface area contributed by atoms with Gasteiger partial charge in [-0.2, -0.15) is 0 Å². The Morgan fingerprint density at radius 2 is 1.91 bits per heavy atom. The summed E-state index contributed by atoms with van der Waals surface area (Å²) in [6, 6.07) is 7.76. The van der Waals surface area contributed by atoms with E-state index in [-0.39, 0.29) is 19.0 Å². The van der Waals surface area contributed by atoms with Gasteiger partial charge < -0.3 is 14.3 Å². The van der Waals surface area contributed by atoms with E-state index in [4.69, 9.17) is 4.74 Å². The molecule has 0 saturated carbocycles. The second kappa shape index (κ2) is 9.25. The summed E-state index contributed by atoms with van der Waals surface area (Å²) in [4.78, 5) is 47.6. The third-order valence-corrected chi connectivity index (χ3v) is 5.52. The highest BCUT2D eigenvalue weighted by Gasteiger charge is 2.19. The number of aromatic nitrogens is 5. The Hall–Kier alpha value is -3.62. The molecule has 0 atom stereocenters. The second-order valence-corrected chi connectivity index (χ2v) is 7.81. The van der Waals surface area contributed by atoms with Crippen molar-refractivity contribution in [2.75, 3.05) is 0 Å². The number of rotatable bonds is 9. The summed E-state index contributed by atoms with van der Waals surface area (Å²) in [5, 5.41) is 0.981. The van der Waals surface area contributed by atoms with Crippen molar-refractivity contribution in [3.8, 4) is 0 Å². The van der Waals surface area contributed by atoms with Crippen molar-refractivity contribution < 1.29 is 9.53 Å². The molecule has 3 heterocycles. The lowest BCUT2D eigenvalue weighted by atomic mass is 10.1. The number of nitrogens with zero attached hydrogens (tertiary/aromatic N) is 3. The molecule has 0 amide bonds. The molecular formula is C23H27N5O4.